The third-order valence-corrected chi connectivity index (χ3v) is 4.80. The Hall–Kier alpha value is -3.38. The summed E-state index contributed by atoms with van der Waals surface area (Å²) in [6.07, 6.45) is 0. The number of halogens is 2. The molecule has 2 N–H and O–H groups in total. The molecule has 3 aromatic rings. The van der Waals surface area contributed by atoms with Gasteiger partial charge in [-0.05, 0) is 48.0 Å². The SMILES string of the molecule is CN(C)c1ccc(NC(=O)c2ccccc2Cl)cc1C(=O)NCc1ccc(F)cc1. The summed E-state index contributed by atoms with van der Waals surface area (Å²) in [5.41, 5.74) is 2.69. The van der Waals surface area contributed by atoms with Crippen LogP contribution in [0.25, 0.3) is 0 Å². The Morgan fingerprint density at radius 3 is 2.30 bits per heavy atom. The number of amides is 2. The monoisotopic (exact) mass is 425 g/mol. The lowest BCUT2D eigenvalue weighted by molar-refractivity contribution is 0.0950. The molecular formula is C23H21ClFN3O2. The molecule has 0 aliphatic carbocycles. The highest BCUT2D eigenvalue weighted by Gasteiger charge is 2.16. The molecule has 0 atom stereocenters. The van der Waals surface area contributed by atoms with Crippen molar-refractivity contribution in [3.8, 4) is 0 Å². The number of rotatable bonds is 6. The highest BCUT2D eigenvalue weighted by molar-refractivity contribution is 6.34. The zero-order chi connectivity index (χ0) is 21.7. The molecule has 0 saturated heterocycles. The predicted molar refractivity (Wildman–Crippen MR) is 118 cm³/mol. The highest BCUT2D eigenvalue weighted by Crippen LogP contribution is 2.24. The van der Waals surface area contributed by atoms with E-state index < -0.39 is 0 Å². The number of carbonyl (C=O) groups excluding carboxylic acids is 2. The van der Waals surface area contributed by atoms with Gasteiger partial charge in [0.2, 0.25) is 0 Å². The molecule has 0 bridgehead atoms. The van der Waals surface area contributed by atoms with E-state index in [2.05, 4.69) is 10.6 Å². The number of benzene rings is 3. The van der Waals surface area contributed by atoms with Crippen molar-refractivity contribution in [2.24, 2.45) is 0 Å². The Labute approximate surface area is 179 Å². The smallest absolute Gasteiger partial charge is 0.257 e. The van der Waals surface area contributed by atoms with Crippen LogP contribution in [0.15, 0.2) is 66.7 Å². The molecule has 0 unspecified atom stereocenters. The van der Waals surface area contributed by atoms with Crippen molar-refractivity contribution in [3.05, 3.63) is 94.3 Å². The van der Waals surface area contributed by atoms with Gasteiger partial charge in [-0.3, -0.25) is 9.59 Å². The average molecular weight is 426 g/mol. The van der Waals surface area contributed by atoms with E-state index in [1.54, 1.807) is 54.6 Å². The topological polar surface area (TPSA) is 61.4 Å². The third kappa shape index (κ3) is 5.15. The van der Waals surface area contributed by atoms with Crippen LogP contribution < -0.4 is 15.5 Å². The predicted octanol–water partition coefficient (Wildman–Crippen LogP) is 4.73. The zero-order valence-corrected chi connectivity index (χ0v) is 17.3. The summed E-state index contributed by atoms with van der Waals surface area (Å²) in [7, 11) is 3.65. The lowest BCUT2D eigenvalue weighted by atomic mass is 10.1. The Morgan fingerprint density at radius 2 is 1.63 bits per heavy atom. The second-order valence-electron chi connectivity index (χ2n) is 6.87. The summed E-state index contributed by atoms with van der Waals surface area (Å²) in [5.74, 6) is -1.00. The first kappa shape index (κ1) is 21.3. The second-order valence-corrected chi connectivity index (χ2v) is 7.28. The standard InChI is InChI=1S/C23H21ClFN3O2/c1-28(2)21-12-11-17(27-23(30)18-5-3-4-6-20(18)24)13-19(21)22(29)26-14-15-7-9-16(25)10-8-15/h3-13H,14H2,1-2H3,(H,26,29)(H,27,30). The molecule has 2 amide bonds. The van der Waals surface area contributed by atoms with Crippen molar-refractivity contribution in [1.29, 1.82) is 0 Å². The Kier molecular flexibility index (Phi) is 6.69. The van der Waals surface area contributed by atoms with E-state index in [0.29, 0.717) is 27.5 Å². The molecule has 0 radical (unpaired) electrons. The Balaban J connectivity index is 1.80. The van der Waals surface area contributed by atoms with E-state index in [1.807, 2.05) is 19.0 Å². The van der Waals surface area contributed by atoms with Gasteiger partial charge < -0.3 is 15.5 Å². The molecule has 3 rings (SSSR count). The summed E-state index contributed by atoms with van der Waals surface area (Å²) in [4.78, 5) is 27.2. The van der Waals surface area contributed by atoms with E-state index in [9.17, 15) is 14.0 Å². The van der Waals surface area contributed by atoms with Crippen molar-refractivity contribution in [3.63, 3.8) is 0 Å². The number of anilines is 2. The van der Waals surface area contributed by atoms with Crippen LogP contribution in [0.4, 0.5) is 15.8 Å². The van der Waals surface area contributed by atoms with Crippen molar-refractivity contribution >= 4 is 34.8 Å². The molecule has 0 saturated carbocycles. The van der Waals surface area contributed by atoms with Gasteiger partial charge in [0.1, 0.15) is 5.82 Å². The van der Waals surface area contributed by atoms with Crippen LogP contribution in [0.2, 0.25) is 5.02 Å². The molecular weight excluding hydrogens is 405 g/mol. The first-order valence-electron chi connectivity index (χ1n) is 9.25. The fourth-order valence-electron chi connectivity index (χ4n) is 2.91. The summed E-state index contributed by atoms with van der Waals surface area (Å²) in [6, 6.07) is 17.8. The van der Waals surface area contributed by atoms with E-state index >= 15 is 0 Å². The van der Waals surface area contributed by atoms with E-state index in [-0.39, 0.29) is 24.2 Å². The molecule has 5 nitrogen and oxygen atoms in total. The van der Waals surface area contributed by atoms with Crippen molar-refractivity contribution in [2.75, 3.05) is 24.3 Å². The number of carbonyl (C=O) groups is 2. The number of nitrogens with one attached hydrogen (secondary N) is 2. The van der Waals surface area contributed by atoms with Crippen LogP contribution in [0.5, 0.6) is 0 Å². The van der Waals surface area contributed by atoms with Gasteiger partial charge in [0, 0.05) is 32.0 Å². The van der Waals surface area contributed by atoms with Gasteiger partial charge in [0.05, 0.1) is 16.1 Å². The van der Waals surface area contributed by atoms with Crippen LogP contribution in [-0.2, 0) is 6.54 Å². The molecule has 0 heterocycles. The van der Waals surface area contributed by atoms with E-state index in [0.717, 1.165) is 5.56 Å². The van der Waals surface area contributed by atoms with Crippen molar-refractivity contribution in [2.45, 2.75) is 6.54 Å². The Bertz CT molecular complexity index is 1070. The molecule has 0 spiro atoms. The van der Waals surface area contributed by atoms with Gasteiger partial charge in [-0.25, -0.2) is 4.39 Å². The zero-order valence-electron chi connectivity index (χ0n) is 16.6. The normalized spacial score (nSPS) is 10.4. The molecule has 0 aliphatic heterocycles. The number of hydrogen-bond donors (Lipinski definition) is 2. The summed E-state index contributed by atoms with van der Waals surface area (Å²) in [5, 5.41) is 5.95. The molecule has 0 aromatic heterocycles. The maximum Gasteiger partial charge on any atom is 0.257 e. The first-order valence-corrected chi connectivity index (χ1v) is 9.63. The minimum absolute atomic E-state index is 0.252. The Morgan fingerprint density at radius 1 is 0.933 bits per heavy atom. The van der Waals surface area contributed by atoms with Gasteiger partial charge >= 0.3 is 0 Å². The summed E-state index contributed by atoms with van der Waals surface area (Å²) >= 11 is 6.09. The molecule has 30 heavy (non-hydrogen) atoms. The molecule has 7 heteroatoms. The first-order chi connectivity index (χ1) is 14.3. The largest absolute Gasteiger partial charge is 0.377 e. The minimum atomic E-state index is -0.365. The maximum absolute atomic E-state index is 13.1. The molecule has 3 aromatic carbocycles. The van der Waals surface area contributed by atoms with Gasteiger partial charge in [0.15, 0.2) is 0 Å². The third-order valence-electron chi connectivity index (χ3n) is 4.47. The quantitative estimate of drug-likeness (QED) is 0.600. The van der Waals surface area contributed by atoms with E-state index in [1.165, 1.54) is 12.1 Å². The van der Waals surface area contributed by atoms with Gasteiger partial charge in [0.25, 0.3) is 11.8 Å². The van der Waals surface area contributed by atoms with Gasteiger partial charge in [-0.1, -0.05) is 35.9 Å². The number of hydrogen-bond acceptors (Lipinski definition) is 3. The van der Waals surface area contributed by atoms with Crippen LogP contribution in [0, 0.1) is 5.82 Å². The summed E-state index contributed by atoms with van der Waals surface area (Å²) < 4.78 is 13.1. The lowest BCUT2D eigenvalue weighted by Gasteiger charge is -2.18. The number of nitrogens with zero attached hydrogens (tertiary/aromatic N) is 1. The van der Waals surface area contributed by atoms with E-state index in [4.69, 9.17) is 11.6 Å². The van der Waals surface area contributed by atoms with Crippen molar-refractivity contribution < 1.29 is 14.0 Å². The van der Waals surface area contributed by atoms with Gasteiger partial charge in [-0.2, -0.15) is 0 Å². The summed E-state index contributed by atoms with van der Waals surface area (Å²) in [6.45, 7) is 0.252. The molecule has 154 valence electrons. The average Bonchev–Trinajstić information content (AvgIpc) is 2.73. The van der Waals surface area contributed by atoms with Crippen LogP contribution in [-0.4, -0.2) is 25.9 Å². The fraction of sp³-hybridized carbons (Fsp3) is 0.130. The van der Waals surface area contributed by atoms with Crippen molar-refractivity contribution in [1.82, 2.24) is 5.32 Å². The van der Waals surface area contributed by atoms with Crippen LogP contribution >= 0.6 is 11.6 Å². The van der Waals surface area contributed by atoms with Crippen LogP contribution in [0.3, 0.4) is 0 Å². The fourth-order valence-corrected chi connectivity index (χ4v) is 3.13. The molecule has 0 fully saturated rings. The minimum Gasteiger partial charge on any atom is -0.377 e. The second kappa shape index (κ2) is 9.41. The molecule has 0 aliphatic rings. The van der Waals surface area contributed by atoms with Gasteiger partial charge in [-0.15, -0.1) is 0 Å². The maximum atomic E-state index is 13.1. The lowest BCUT2D eigenvalue weighted by Crippen LogP contribution is -2.25. The van der Waals surface area contributed by atoms with Crippen LogP contribution in [0.1, 0.15) is 26.3 Å². The highest BCUT2D eigenvalue weighted by atomic mass is 35.5.